The molecule has 0 atom stereocenters. The summed E-state index contributed by atoms with van der Waals surface area (Å²) in [6.07, 6.45) is 1.33. The lowest BCUT2D eigenvalue weighted by molar-refractivity contribution is -0.139. The summed E-state index contributed by atoms with van der Waals surface area (Å²) in [5.41, 5.74) is 6.07. The van der Waals surface area contributed by atoms with Crippen LogP contribution in [0.15, 0.2) is 64.2 Å². The summed E-state index contributed by atoms with van der Waals surface area (Å²) < 4.78 is 17.0. The number of hydrazone groups is 1. The number of carbonyl (C=O) groups is 3. The van der Waals surface area contributed by atoms with Crippen molar-refractivity contribution in [1.29, 1.82) is 0 Å². The van der Waals surface area contributed by atoms with Crippen LogP contribution < -0.4 is 30.3 Å². The van der Waals surface area contributed by atoms with Crippen molar-refractivity contribution in [2.24, 2.45) is 5.10 Å². The zero-order valence-electron chi connectivity index (χ0n) is 20.7. The van der Waals surface area contributed by atoms with Gasteiger partial charge in [-0.2, -0.15) is 5.10 Å². The number of benzene rings is 3. The number of amides is 3. The van der Waals surface area contributed by atoms with Crippen LogP contribution in [0.2, 0.25) is 0 Å². The molecular formula is C27H25BrN4O6. The van der Waals surface area contributed by atoms with Gasteiger partial charge in [-0.1, -0.05) is 40.2 Å². The number of ether oxygens (including phenoxy) is 3. The Morgan fingerprint density at radius 3 is 2.55 bits per heavy atom. The van der Waals surface area contributed by atoms with E-state index in [1.165, 1.54) is 6.21 Å². The number of nitrogens with one attached hydrogen (secondary N) is 3. The van der Waals surface area contributed by atoms with Gasteiger partial charge in [0, 0.05) is 22.3 Å². The van der Waals surface area contributed by atoms with Crippen molar-refractivity contribution in [2.45, 2.75) is 20.4 Å². The molecule has 3 N–H and O–H groups in total. The first-order valence-electron chi connectivity index (χ1n) is 11.6. The van der Waals surface area contributed by atoms with Gasteiger partial charge in [0.1, 0.15) is 5.75 Å². The summed E-state index contributed by atoms with van der Waals surface area (Å²) in [5, 5.41) is 9.25. The number of anilines is 1. The average molecular weight is 581 g/mol. The molecule has 0 saturated carbocycles. The maximum Gasteiger partial charge on any atom is 0.329 e. The summed E-state index contributed by atoms with van der Waals surface area (Å²) in [6.45, 7) is 3.87. The molecular weight excluding hydrogens is 556 g/mol. The van der Waals surface area contributed by atoms with Crippen LogP contribution in [-0.2, 0) is 20.9 Å². The SMILES string of the molecule is Cc1cccc(C)c1NC(=O)COc1ccc(Br)cc1/C=N\NC(=O)C(=O)NCc1ccc2c(c1)OCO2. The maximum atomic E-state index is 12.5. The molecule has 0 aromatic heterocycles. The molecule has 0 bridgehead atoms. The largest absolute Gasteiger partial charge is 0.483 e. The highest BCUT2D eigenvalue weighted by Crippen LogP contribution is 2.32. The first kappa shape index (κ1) is 26.7. The van der Waals surface area contributed by atoms with Crippen molar-refractivity contribution in [3.63, 3.8) is 0 Å². The van der Waals surface area contributed by atoms with Crippen LogP contribution in [0.1, 0.15) is 22.3 Å². The summed E-state index contributed by atoms with van der Waals surface area (Å²) >= 11 is 3.38. The number of hydrogen-bond acceptors (Lipinski definition) is 7. The van der Waals surface area contributed by atoms with E-state index >= 15 is 0 Å². The molecule has 196 valence electrons. The Kier molecular flexibility index (Phi) is 8.59. The summed E-state index contributed by atoms with van der Waals surface area (Å²) in [7, 11) is 0. The molecule has 11 heteroatoms. The molecule has 0 spiro atoms. The number of nitrogens with zero attached hydrogens (tertiary/aromatic N) is 1. The molecule has 1 aliphatic rings. The Bertz CT molecular complexity index is 1390. The van der Waals surface area contributed by atoms with Gasteiger partial charge in [-0.05, 0) is 60.9 Å². The Morgan fingerprint density at radius 1 is 1.00 bits per heavy atom. The van der Waals surface area contributed by atoms with E-state index in [2.05, 4.69) is 37.1 Å². The lowest BCUT2D eigenvalue weighted by Gasteiger charge is -2.13. The number of aryl methyl sites for hydroxylation is 2. The molecule has 0 unspecified atom stereocenters. The van der Waals surface area contributed by atoms with E-state index in [9.17, 15) is 14.4 Å². The zero-order chi connectivity index (χ0) is 27.1. The van der Waals surface area contributed by atoms with E-state index in [1.807, 2.05) is 32.0 Å². The predicted octanol–water partition coefficient (Wildman–Crippen LogP) is 3.58. The fourth-order valence-electron chi connectivity index (χ4n) is 3.61. The predicted molar refractivity (Wildman–Crippen MR) is 144 cm³/mol. The first-order valence-corrected chi connectivity index (χ1v) is 12.4. The van der Waals surface area contributed by atoms with Crippen LogP contribution in [0, 0.1) is 13.8 Å². The molecule has 4 rings (SSSR count). The number of para-hydroxylation sites is 1. The van der Waals surface area contributed by atoms with Gasteiger partial charge in [-0.25, -0.2) is 5.43 Å². The minimum absolute atomic E-state index is 0.125. The Labute approximate surface area is 227 Å². The first-order chi connectivity index (χ1) is 18.3. The van der Waals surface area contributed by atoms with Gasteiger partial charge in [-0.3, -0.25) is 14.4 Å². The second-order valence-electron chi connectivity index (χ2n) is 8.36. The third kappa shape index (κ3) is 6.88. The zero-order valence-corrected chi connectivity index (χ0v) is 22.3. The van der Waals surface area contributed by atoms with Crippen LogP contribution >= 0.6 is 15.9 Å². The second-order valence-corrected chi connectivity index (χ2v) is 9.27. The minimum atomic E-state index is -0.938. The van der Waals surface area contributed by atoms with E-state index in [1.54, 1.807) is 36.4 Å². The van der Waals surface area contributed by atoms with E-state index in [0.717, 1.165) is 26.9 Å². The number of halogens is 1. The fraction of sp³-hybridized carbons (Fsp3) is 0.185. The van der Waals surface area contributed by atoms with Crippen molar-refractivity contribution in [3.05, 3.63) is 81.3 Å². The van der Waals surface area contributed by atoms with Gasteiger partial charge in [0.05, 0.1) is 6.21 Å². The number of fused-ring (bicyclic) bond motifs is 1. The number of hydrogen-bond donors (Lipinski definition) is 3. The molecule has 3 aromatic rings. The third-order valence-corrected chi connectivity index (χ3v) is 6.04. The van der Waals surface area contributed by atoms with Gasteiger partial charge in [-0.15, -0.1) is 0 Å². The quantitative estimate of drug-likeness (QED) is 0.212. The Balaban J connectivity index is 1.30. The molecule has 0 saturated heterocycles. The molecule has 0 aliphatic carbocycles. The Hall–Kier alpha value is -4.38. The number of rotatable bonds is 8. The molecule has 0 radical (unpaired) electrons. The minimum Gasteiger partial charge on any atom is -0.483 e. The topological polar surface area (TPSA) is 127 Å². The molecule has 38 heavy (non-hydrogen) atoms. The van der Waals surface area contributed by atoms with E-state index < -0.39 is 11.8 Å². The smallest absolute Gasteiger partial charge is 0.329 e. The van der Waals surface area contributed by atoms with Crippen LogP contribution in [0.5, 0.6) is 17.2 Å². The Morgan fingerprint density at radius 2 is 1.76 bits per heavy atom. The van der Waals surface area contributed by atoms with Crippen molar-refractivity contribution in [1.82, 2.24) is 10.7 Å². The third-order valence-electron chi connectivity index (χ3n) is 5.54. The highest BCUT2D eigenvalue weighted by molar-refractivity contribution is 9.10. The highest BCUT2D eigenvalue weighted by Gasteiger charge is 2.16. The van der Waals surface area contributed by atoms with Gasteiger partial charge in [0.25, 0.3) is 5.91 Å². The van der Waals surface area contributed by atoms with Crippen molar-refractivity contribution in [3.8, 4) is 17.2 Å². The molecule has 10 nitrogen and oxygen atoms in total. The maximum absolute atomic E-state index is 12.5. The fourth-order valence-corrected chi connectivity index (χ4v) is 3.99. The summed E-state index contributed by atoms with van der Waals surface area (Å²) in [5.74, 6) is -0.525. The van der Waals surface area contributed by atoms with Crippen molar-refractivity contribution < 1.29 is 28.6 Å². The normalized spacial score (nSPS) is 11.8. The van der Waals surface area contributed by atoms with Gasteiger partial charge in [0.2, 0.25) is 6.79 Å². The van der Waals surface area contributed by atoms with Crippen molar-refractivity contribution in [2.75, 3.05) is 18.7 Å². The van der Waals surface area contributed by atoms with Crippen molar-refractivity contribution >= 4 is 45.6 Å². The standard InChI is InChI=1S/C27H25BrN4O6/c1-16-4-3-5-17(2)25(16)31-24(33)14-36-21-9-7-20(28)11-19(21)13-30-32-27(35)26(34)29-12-18-6-8-22-23(10-18)38-15-37-22/h3-11,13H,12,14-15H2,1-2H3,(H,29,34)(H,31,33)(H,32,35)/b30-13-. The van der Waals surface area contributed by atoms with Crippen LogP contribution in [-0.4, -0.2) is 37.3 Å². The van der Waals surface area contributed by atoms with Gasteiger partial charge < -0.3 is 24.8 Å². The molecule has 0 fully saturated rings. The summed E-state index contributed by atoms with van der Waals surface area (Å²) in [4.78, 5) is 36.8. The van der Waals surface area contributed by atoms with Crippen LogP contribution in [0.4, 0.5) is 5.69 Å². The molecule has 3 aromatic carbocycles. The molecule has 1 aliphatic heterocycles. The number of carbonyl (C=O) groups excluding carboxylic acids is 3. The van der Waals surface area contributed by atoms with Gasteiger partial charge >= 0.3 is 11.8 Å². The van der Waals surface area contributed by atoms with Crippen LogP contribution in [0.25, 0.3) is 0 Å². The van der Waals surface area contributed by atoms with E-state index in [-0.39, 0.29) is 25.9 Å². The highest BCUT2D eigenvalue weighted by atomic mass is 79.9. The lowest BCUT2D eigenvalue weighted by atomic mass is 10.1. The lowest BCUT2D eigenvalue weighted by Crippen LogP contribution is -2.37. The van der Waals surface area contributed by atoms with E-state index in [4.69, 9.17) is 14.2 Å². The van der Waals surface area contributed by atoms with Gasteiger partial charge in [0.15, 0.2) is 18.1 Å². The average Bonchev–Trinajstić information content (AvgIpc) is 3.37. The molecule has 3 amide bonds. The van der Waals surface area contributed by atoms with Crippen LogP contribution in [0.3, 0.4) is 0 Å². The molecule has 1 heterocycles. The second kappa shape index (κ2) is 12.2. The monoisotopic (exact) mass is 580 g/mol. The summed E-state index contributed by atoms with van der Waals surface area (Å²) in [6, 6.07) is 16.1. The van der Waals surface area contributed by atoms with E-state index in [0.29, 0.717) is 22.8 Å².